The first-order valence-electron chi connectivity index (χ1n) is 10.3. The van der Waals surface area contributed by atoms with E-state index >= 15 is 0 Å². The van der Waals surface area contributed by atoms with Gasteiger partial charge in [0.25, 0.3) is 5.91 Å². The van der Waals surface area contributed by atoms with Gasteiger partial charge in [0.05, 0.1) is 23.6 Å². The van der Waals surface area contributed by atoms with Crippen molar-refractivity contribution >= 4 is 23.2 Å². The van der Waals surface area contributed by atoms with Crippen molar-refractivity contribution in [1.82, 2.24) is 19.6 Å². The van der Waals surface area contributed by atoms with E-state index in [9.17, 15) is 9.18 Å². The summed E-state index contributed by atoms with van der Waals surface area (Å²) >= 11 is 6.03. The molecule has 0 bridgehead atoms. The van der Waals surface area contributed by atoms with Crippen LogP contribution < -0.4 is 10.1 Å². The van der Waals surface area contributed by atoms with Gasteiger partial charge in [0.2, 0.25) is 0 Å². The van der Waals surface area contributed by atoms with Crippen LogP contribution in [0.3, 0.4) is 0 Å². The lowest BCUT2D eigenvalue weighted by atomic mass is 10.2. The molecule has 4 aromatic rings. The van der Waals surface area contributed by atoms with Crippen LogP contribution in [0.2, 0.25) is 5.02 Å². The first kappa shape index (κ1) is 22.5. The highest BCUT2D eigenvalue weighted by atomic mass is 35.5. The Balaban J connectivity index is 1.42. The molecule has 0 spiro atoms. The Morgan fingerprint density at radius 1 is 1.12 bits per heavy atom. The molecule has 1 amide bonds. The molecule has 1 N–H and O–H groups in total. The zero-order valence-electron chi connectivity index (χ0n) is 18.5. The van der Waals surface area contributed by atoms with E-state index in [-0.39, 0.29) is 30.7 Å². The largest absolute Gasteiger partial charge is 0.471 e. The number of aryl methyl sites for hydroxylation is 2. The molecule has 0 saturated heterocycles. The van der Waals surface area contributed by atoms with E-state index < -0.39 is 0 Å². The van der Waals surface area contributed by atoms with Crippen molar-refractivity contribution in [2.45, 2.75) is 34.0 Å². The Labute approximate surface area is 195 Å². The second-order valence-corrected chi connectivity index (χ2v) is 8.08. The average Bonchev–Trinajstić information content (AvgIpc) is 3.37. The number of ether oxygens (including phenoxy) is 1. The molecule has 0 saturated carbocycles. The molecule has 2 aromatic carbocycles. The summed E-state index contributed by atoms with van der Waals surface area (Å²) in [4.78, 5) is 12.8. The molecule has 0 aliphatic rings. The summed E-state index contributed by atoms with van der Waals surface area (Å²) in [6, 6.07) is 13.5. The summed E-state index contributed by atoms with van der Waals surface area (Å²) in [5.41, 5.74) is 3.62. The Kier molecular flexibility index (Phi) is 6.46. The molecule has 9 heteroatoms. The number of rotatable bonds is 7. The van der Waals surface area contributed by atoms with Crippen LogP contribution in [0.5, 0.6) is 5.75 Å². The van der Waals surface area contributed by atoms with E-state index in [1.54, 1.807) is 54.2 Å². The molecule has 33 heavy (non-hydrogen) atoms. The predicted molar refractivity (Wildman–Crippen MR) is 124 cm³/mol. The fraction of sp³-hybridized carbons (Fsp3) is 0.208. The second kappa shape index (κ2) is 9.46. The van der Waals surface area contributed by atoms with Crippen molar-refractivity contribution in [1.29, 1.82) is 0 Å². The summed E-state index contributed by atoms with van der Waals surface area (Å²) in [5.74, 6) is -0.00296. The van der Waals surface area contributed by atoms with Crippen LogP contribution in [-0.4, -0.2) is 25.5 Å². The highest BCUT2D eigenvalue weighted by Gasteiger charge is 2.18. The van der Waals surface area contributed by atoms with Crippen LogP contribution in [0.1, 0.15) is 33.0 Å². The smallest absolute Gasteiger partial charge is 0.276 e. The van der Waals surface area contributed by atoms with Gasteiger partial charge in [-0.3, -0.25) is 9.48 Å². The van der Waals surface area contributed by atoms with E-state index in [1.165, 1.54) is 10.7 Å². The number of benzene rings is 2. The zero-order valence-corrected chi connectivity index (χ0v) is 19.2. The number of hydrogen-bond donors (Lipinski definition) is 1. The standard InChI is InChI=1S/C24H23ClFN5O2/c1-15-12-19(8-9-20(15)25)33-14-30-11-10-22(29-30)24(32)27-23-16(2)28-31(17(23)3)13-18-6-4-5-7-21(18)26/h4-12H,13-14H2,1-3H3,(H,27,32). The number of aromatic nitrogens is 4. The molecule has 4 rings (SSSR count). The van der Waals surface area contributed by atoms with Gasteiger partial charge in [0.1, 0.15) is 11.6 Å². The minimum atomic E-state index is -0.368. The second-order valence-electron chi connectivity index (χ2n) is 7.67. The molecule has 2 aromatic heterocycles. The number of carbonyl (C=O) groups is 1. The van der Waals surface area contributed by atoms with Crippen molar-refractivity contribution in [2.24, 2.45) is 0 Å². The van der Waals surface area contributed by atoms with Gasteiger partial charge in [-0.2, -0.15) is 10.2 Å². The minimum absolute atomic E-state index is 0.146. The molecule has 0 fully saturated rings. The molecule has 0 atom stereocenters. The maximum Gasteiger partial charge on any atom is 0.276 e. The van der Waals surface area contributed by atoms with E-state index in [0.29, 0.717) is 27.7 Å². The van der Waals surface area contributed by atoms with Crippen molar-refractivity contribution in [3.63, 3.8) is 0 Å². The van der Waals surface area contributed by atoms with Gasteiger partial charge < -0.3 is 10.1 Å². The SMILES string of the molecule is Cc1cc(OCn2ccc(C(=O)Nc3c(C)nn(Cc4ccccc4F)c3C)n2)ccc1Cl. The average molecular weight is 468 g/mol. The molecule has 170 valence electrons. The fourth-order valence-corrected chi connectivity index (χ4v) is 3.52. The summed E-state index contributed by atoms with van der Waals surface area (Å²) in [7, 11) is 0. The normalized spacial score (nSPS) is 10.9. The lowest BCUT2D eigenvalue weighted by molar-refractivity contribution is 0.102. The molecular weight excluding hydrogens is 445 g/mol. The van der Waals surface area contributed by atoms with Crippen molar-refractivity contribution in [3.05, 3.63) is 93.8 Å². The van der Waals surface area contributed by atoms with E-state index in [2.05, 4.69) is 15.5 Å². The highest BCUT2D eigenvalue weighted by molar-refractivity contribution is 6.31. The topological polar surface area (TPSA) is 74.0 Å². The zero-order chi connectivity index (χ0) is 23.5. The number of hydrogen-bond acceptors (Lipinski definition) is 4. The summed E-state index contributed by atoms with van der Waals surface area (Å²) in [5, 5.41) is 12.3. The number of nitrogens with zero attached hydrogens (tertiary/aromatic N) is 4. The lowest BCUT2D eigenvalue weighted by Crippen LogP contribution is -2.15. The summed E-state index contributed by atoms with van der Waals surface area (Å²) < 4.78 is 22.9. The molecule has 7 nitrogen and oxygen atoms in total. The van der Waals surface area contributed by atoms with Gasteiger partial charge in [0, 0.05) is 16.8 Å². The number of nitrogens with one attached hydrogen (secondary N) is 1. The molecule has 0 radical (unpaired) electrons. The van der Waals surface area contributed by atoms with Crippen molar-refractivity contribution in [3.8, 4) is 5.75 Å². The Morgan fingerprint density at radius 3 is 2.67 bits per heavy atom. The number of carbonyl (C=O) groups excluding carboxylic acids is 1. The van der Waals surface area contributed by atoms with E-state index in [1.807, 2.05) is 19.9 Å². The third-order valence-electron chi connectivity index (χ3n) is 5.26. The minimum Gasteiger partial charge on any atom is -0.471 e. The van der Waals surface area contributed by atoms with Crippen molar-refractivity contribution in [2.75, 3.05) is 5.32 Å². The maximum atomic E-state index is 14.0. The third-order valence-corrected chi connectivity index (χ3v) is 5.69. The van der Waals surface area contributed by atoms with Crippen molar-refractivity contribution < 1.29 is 13.9 Å². The quantitative estimate of drug-likeness (QED) is 0.408. The highest BCUT2D eigenvalue weighted by Crippen LogP contribution is 2.23. The fourth-order valence-electron chi connectivity index (χ4n) is 3.40. The third kappa shape index (κ3) is 5.06. The monoisotopic (exact) mass is 467 g/mol. The van der Waals surface area contributed by atoms with Gasteiger partial charge in [0.15, 0.2) is 12.4 Å². The molecule has 2 heterocycles. The van der Waals surface area contributed by atoms with Crippen LogP contribution in [0.15, 0.2) is 54.7 Å². The van der Waals surface area contributed by atoms with Gasteiger partial charge in [-0.1, -0.05) is 29.8 Å². The molecule has 0 aliphatic heterocycles. The first-order chi connectivity index (χ1) is 15.8. The predicted octanol–water partition coefficient (Wildman–Crippen LogP) is 5.13. The van der Waals surface area contributed by atoms with Gasteiger partial charge in [-0.25, -0.2) is 9.07 Å². The van der Waals surface area contributed by atoms with E-state index in [4.69, 9.17) is 16.3 Å². The molecule has 0 unspecified atom stereocenters. The molecule has 0 aliphatic carbocycles. The van der Waals surface area contributed by atoms with Crippen LogP contribution in [0.4, 0.5) is 10.1 Å². The van der Waals surface area contributed by atoms with E-state index in [0.717, 1.165) is 11.3 Å². The van der Waals surface area contributed by atoms with Gasteiger partial charge in [-0.15, -0.1) is 0 Å². The Bertz CT molecular complexity index is 1310. The van der Waals surface area contributed by atoms with Crippen LogP contribution in [0.25, 0.3) is 0 Å². The number of halogens is 2. The van der Waals surface area contributed by atoms with Gasteiger partial charge >= 0.3 is 0 Å². The maximum absolute atomic E-state index is 14.0. The Morgan fingerprint density at radius 2 is 1.91 bits per heavy atom. The van der Waals surface area contributed by atoms with Crippen LogP contribution in [-0.2, 0) is 13.3 Å². The number of amides is 1. The summed E-state index contributed by atoms with van der Waals surface area (Å²) in [6.45, 7) is 5.93. The number of anilines is 1. The lowest BCUT2D eigenvalue weighted by Gasteiger charge is -2.08. The first-order valence-corrected chi connectivity index (χ1v) is 10.7. The van der Waals surface area contributed by atoms with Crippen LogP contribution in [0, 0.1) is 26.6 Å². The summed E-state index contributed by atoms with van der Waals surface area (Å²) in [6.07, 6.45) is 1.67. The molecular formula is C24H23ClFN5O2. The van der Waals surface area contributed by atoms with Crippen LogP contribution >= 0.6 is 11.6 Å². The Hall–Kier alpha value is -3.65. The van der Waals surface area contributed by atoms with Gasteiger partial charge in [-0.05, 0) is 56.7 Å².